The molecule has 5 heteroatoms. The van der Waals surface area contributed by atoms with Crippen LogP contribution in [-0.4, -0.2) is 27.2 Å². The predicted molar refractivity (Wildman–Crippen MR) is 72.5 cm³/mol. The highest BCUT2D eigenvalue weighted by molar-refractivity contribution is 6.10. The molecule has 0 saturated heterocycles. The lowest BCUT2D eigenvalue weighted by atomic mass is 9.89. The fourth-order valence-electron chi connectivity index (χ4n) is 2.53. The summed E-state index contributed by atoms with van der Waals surface area (Å²) in [6.45, 7) is 3.52. The van der Waals surface area contributed by atoms with E-state index >= 15 is 0 Å². The fourth-order valence-corrected chi connectivity index (χ4v) is 2.53. The van der Waals surface area contributed by atoms with Crippen LogP contribution in [0.1, 0.15) is 24.2 Å². The van der Waals surface area contributed by atoms with Crippen molar-refractivity contribution in [3.05, 3.63) is 23.8 Å². The van der Waals surface area contributed by atoms with Gasteiger partial charge in [-0.25, -0.2) is 0 Å². The van der Waals surface area contributed by atoms with E-state index in [4.69, 9.17) is 4.74 Å². The molecule has 0 unspecified atom stereocenters. The summed E-state index contributed by atoms with van der Waals surface area (Å²) in [4.78, 5) is 12.3. The van der Waals surface area contributed by atoms with Crippen LogP contribution in [0.3, 0.4) is 0 Å². The number of Topliss-reactive ketones (excluding diaryl/α,β-unsaturated/α-hetero) is 1. The molecule has 3 rings (SSSR count). The van der Waals surface area contributed by atoms with Gasteiger partial charge in [0.05, 0.1) is 11.3 Å². The van der Waals surface area contributed by atoms with Crippen molar-refractivity contribution in [2.45, 2.75) is 20.0 Å². The maximum atomic E-state index is 12.3. The number of fused-ring (bicyclic) bond motifs is 2. The quantitative estimate of drug-likeness (QED) is 0.687. The van der Waals surface area contributed by atoms with Crippen LogP contribution in [-0.2, 0) is 0 Å². The third-order valence-electron chi connectivity index (χ3n) is 3.82. The van der Waals surface area contributed by atoms with Gasteiger partial charge < -0.3 is 20.1 Å². The van der Waals surface area contributed by atoms with Gasteiger partial charge in [-0.3, -0.25) is 4.79 Å². The van der Waals surface area contributed by atoms with Crippen molar-refractivity contribution in [1.82, 2.24) is 0 Å². The third kappa shape index (κ3) is 1.59. The highest BCUT2D eigenvalue weighted by Crippen LogP contribution is 2.45. The highest BCUT2D eigenvalue weighted by atomic mass is 16.5. The molecule has 0 saturated carbocycles. The second-order valence-corrected chi connectivity index (χ2v) is 5.14. The first-order valence-electron chi connectivity index (χ1n) is 6.32. The molecule has 3 N–H and O–H groups in total. The summed E-state index contributed by atoms with van der Waals surface area (Å²) in [5, 5.41) is 30.2. The first kappa shape index (κ1) is 12.6. The van der Waals surface area contributed by atoms with E-state index in [9.17, 15) is 20.1 Å². The van der Waals surface area contributed by atoms with Gasteiger partial charge in [0.25, 0.3) is 0 Å². The standard InChI is InChI=1S/C15H14O5/c1-6-7(2)20-11-4-8-3-9(16)5-10(17)12(8)15(19)13(11)14(6)18/h3-7,16-17,19H,1-2H3/t6-,7+/m1/s1. The Kier molecular flexibility index (Phi) is 2.54. The van der Waals surface area contributed by atoms with Gasteiger partial charge in [0.15, 0.2) is 5.78 Å². The second-order valence-electron chi connectivity index (χ2n) is 5.14. The van der Waals surface area contributed by atoms with E-state index in [-0.39, 0.29) is 51.8 Å². The van der Waals surface area contributed by atoms with Crippen LogP contribution < -0.4 is 4.74 Å². The van der Waals surface area contributed by atoms with Crippen molar-refractivity contribution < 1.29 is 24.9 Å². The monoisotopic (exact) mass is 274 g/mol. The molecule has 2 aromatic rings. The summed E-state index contributed by atoms with van der Waals surface area (Å²) < 4.78 is 5.64. The molecular weight excluding hydrogens is 260 g/mol. The number of benzene rings is 2. The average molecular weight is 274 g/mol. The molecule has 0 aromatic heterocycles. The van der Waals surface area contributed by atoms with Crippen LogP contribution >= 0.6 is 0 Å². The Hall–Kier alpha value is -2.43. The summed E-state index contributed by atoms with van der Waals surface area (Å²) in [5.74, 6) is -1.03. The Bertz CT molecular complexity index is 735. The Morgan fingerprint density at radius 2 is 1.80 bits per heavy atom. The van der Waals surface area contributed by atoms with E-state index in [2.05, 4.69) is 0 Å². The minimum Gasteiger partial charge on any atom is -0.508 e. The maximum Gasteiger partial charge on any atom is 0.176 e. The summed E-state index contributed by atoms with van der Waals surface area (Å²) in [6, 6.07) is 4.06. The molecule has 2 atom stereocenters. The van der Waals surface area contributed by atoms with Crippen LogP contribution in [0.15, 0.2) is 18.2 Å². The molecule has 5 nitrogen and oxygen atoms in total. The SMILES string of the molecule is C[C@@H]1Oc2cc3cc(O)cc(O)c3c(O)c2C(=O)[C@@H]1C. The molecule has 1 aliphatic heterocycles. The molecule has 104 valence electrons. The molecular formula is C15H14O5. The van der Waals surface area contributed by atoms with Crippen LogP contribution in [0, 0.1) is 5.92 Å². The van der Waals surface area contributed by atoms with Gasteiger partial charge in [-0.1, -0.05) is 6.92 Å². The molecule has 0 aliphatic carbocycles. The average Bonchev–Trinajstić information content (AvgIpc) is 2.34. The molecule has 0 fully saturated rings. The van der Waals surface area contributed by atoms with Gasteiger partial charge in [0.1, 0.15) is 34.7 Å². The molecule has 0 amide bonds. The Labute approximate surface area is 115 Å². The Morgan fingerprint density at radius 1 is 1.10 bits per heavy atom. The summed E-state index contributed by atoms with van der Waals surface area (Å²) in [5.41, 5.74) is 0.0871. The minimum absolute atomic E-state index is 0.0871. The van der Waals surface area contributed by atoms with Crippen molar-refractivity contribution in [3.8, 4) is 23.0 Å². The topological polar surface area (TPSA) is 87.0 Å². The van der Waals surface area contributed by atoms with Gasteiger partial charge >= 0.3 is 0 Å². The molecule has 1 aliphatic rings. The van der Waals surface area contributed by atoms with Crippen molar-refractivity contribution in [2.24, 2.45) is 5.92 Å². The van der Waals surface area contributed by atoms with E-state index in [1.54, 1.807) is 19.9 Å². The molecule has 0 radical (unpaired) electrons. The van der Waals surface area contributed by atoms with Gasteiger partial charge in [-0.05, 0) is 24.4 Å². The van der Waals surface area contributed by atoms with Crippen molar-refractivity contribution >= 4 is 16.6 Å². The Morgan fingerprint density at radius 3 is 2.50 bits per heavy atom. The van der Waals surface area contributed by atoms with E-state index in [1.807, 2.05) is 0 Å². The number of carbonyl (C=O) groups excluding carboxylic acids is 1. The largest absolute Gasteiger partial charge is 0.508 e. The second kappa shape index (κ2) is 4.03. The lowest BCUT2D eigenvalue weighted by molar-refractivity contribution is 0.0726. The molecule has 0 bridgehead atoms. The van der Waals surface area contributed by atoms with Gasteiger partial charge in [-0.15, -0.1) is 0 Å². The predicted octanol–water partition coefficient (Wildman–Crippen LogP) is 2.56. The van der Waals surface area contributed by atoms with E-state index in [0.29, 0.717) is 5.39 Å². The number of phenols is 3. The third-order valence-corrected chi connectivity index (χ3v) is 3.82. The maximum absolute atomic E-state index is 12.3. The molecule has 0 spiro atoms. The van der Waals surface area contributed by atoms with Crippen LogP contribution in [0.2, 0.25) is 0 Å². The van der Waals surface area contributed by atoms with Crippen LogP contribution in [0.5, 0.6) is 23.0 Å². The molecule has 1 heterocycles. The van der Waals surface area contributed by atoms with Gasteiger partial charge in [0.2, 0.25) is 0 Å². The smallest absolute Gasteiger partial charge is 0.176 e. The highest BCUT2D eigenvalue weighted by Gasteiger charge is 2.34. The van der Waals surface area contributed by atoms with Gasteiger partial charge in [-0.2, -0.15) is 0 Å². The molecule has 20 heavy (non-hydrogen) atoms. The van der Waals surface area contributed by atoms with Crippen molar-refractivity contribution in [1.29, 1.82) is 0 Å². The van der Waals surface area contributed by atoms with E-state index < -0.39 is 0 Å². The number of aromatic hydroxyl groups is 3. The number of rotatable bonds is 0. The zero-order chi connectivity index (χ0) is 14.6. The van der Waals surface area contributed by atoms with E-state index in [1.165, 1.54) is 6.07 Å². The first-order valence-corrected chi connectivity index (χ1v) is 6.32. The van der Waals surface area contributed by atoms with E-state index in [0.717, 1.165) is 6.07 Å². The minimum atomic E-state index is -0.370. The first-order chi connectivity index (χ1) is 9.40. The summed E-state index contributed by atoms with van der Waals surface area (Å²) in [6.07, 6.45) is -0.294. The van der Waals surface area contributed by atoms with Crippen LogP contribution in [0.25, 0.3) is 10.8 Å². The summed E-state index contributed by atoms with van der Waals surface area (Å²) >= 11 is 0. The normalized spacial score (nSPS) is 21.6. The number of carbonyl (C=O) groups is 1. The number of ketones is 1. The molecule has 2 aromatic carbocycles. The number of hydrogen-bond donors (Lipinski definition) is 3. The zero-order valence-corrected chi connectivity index (χ0v) is 11.0. The van der Waals surface area contributed by atoms with Gasteiger partial charge in [0, 0.05) is 6.07 Å². The Balaban J connectivity index is 2.38. The fraction of sp³-hybridized carbons (Fsp3) is 0.267. The number of phenolic OH excluding ortho intramolecular Hbond substituents is 3. The number of hydrogen-bond acceptors (Lipinski definition) is 5. The van der Waals surface area contributed by atoms with Crippen LogP contribution in [0.4, 0.5) is 0 Å². The zero-order valence-electron chi connectivity index (χ0n) is 11.0. The van der Waals surface area contributed by atoms with Crippen molar-refractivity contribution in [2.75, 3.05) is 0 Å². The lowest BCUT2D eigenvalue weighted by Gasteiger charge is -2.28. The van der Waals surface area contributed by atoms with Crippen molar-refractivity contribution in [3.63, 3.8) is 0 Å². The summed E-state index contributed by atoms with van der Waals surface area (Å²) in [7, 11) is 0. The lowest BCUT2D eigenvalue weighted by Crippen LogP contribution is -2.33. The number of ether oxygens (including phenoxy) is 1.